The minimum Gasteiger partial charge on any atom is -0.355 e. The van der Waals surface area contributed by atoms with Crippen molar-refractivity contribution in [3.8, 4) is 0 Å². The summed E-state index contributed by atoms with van der Waals surface area (Å²) in [5.41, 5.74) is 5.69. The van der Waals surface area contributed by atoms with E-state index in [4.69, 9.17) is 17.3 Å². The first-order valence-corrected chi connectivity index (χ1v) is 6.23. The van der Waals surface area contributed by atoms with E-state index >= 15 is 0 Å². The summed E-state index contributed by atoms with van der Waals surface area (Å²) in [7, 11) is 1.52. The van der Waals surface area contributed by atoms with Crippen molar-refractivity contribution in [1.29, 1.82) is 0 Å². The van der Waals surface area contributed by atoms with Crippen LogP contribution in [0.25, 0.3) is 0 Å². The van der Waals surface area contributed by atoms with Crippen molar-refractivity contribution < 1.29 is 9.59 Å². The summed E-state index contributed by atoms with van der Waals surface area (Å²) in [6.07, 6.45) is 0. The zero-order valence-electron chi connectivity index (χ0n) is 11.6. The maximum Gasteiger partial charge on any atom is 0.252 e. The van der Waals surface area contributed by atoms with Gasteiger partial charge in [0.25, 0.3) is 5.91 Å². The number of anilines is 1. The summed E-state index contributed by atoms with van der Waals surface area (Å²) in [6.45, 7) is 3.73. The zero-order chi connectivity index (χ0) is 14.6. The maximum absolute atomic E-state index is 12.0. The average Bonchev–Trinajstić information content (AvgIpc) is 2.39. The standard InChI is InChI=1S/C13H18ClN3O2.ClH/c1-13(2,7-15)12(19)17-8-4-5-10(14)9(6-8)11(18)16-3;/h4-6H,7,15H2,1-3H3,(H,16,18)(H,17,19);1H. The molecule has 0 aliphatic heterocycles. The molecular weight excluding hydrogens is 301 g/mol. The van der Waals surface area contributed by atoms with E-state index < -0.39 is 5.41 Å². The van der Waals surface area contributed by atoms with Crippen molar-refractivity contribution in [3.05, 3.63) is 28.8 Å². The molecule has 0 bridgehead atoms. The first kappa shape index (κ1) is 18.7. The van der Waals surface area contributed by atoms with Crippen LogP contribution in [0.15, 0.2) is 18.2 Å². The predicted molar refractivity (Wildman–Crippen MR) is 83.6 cm³/mol. The molecule has 0 heterocycles. The summed E-state index contributed by atoms with van der Waals surface area (Å²) in [5, 5.41) is 5.54. The molecule has 20 heavy (non-hydrogen) atoms. The van der Waals surface area contributed by atoms with Crippen molar-refractivity contribution in [2.75, 3.05) is 18.9 Å². The van der Waals surface area contributed by atoms with E-state index in [9.17, 15) is 9.59 Å². The highest BCUT2D eigenvalue weighted by atomic mass is 35.5. The number of halogens is 2. The van der Waals surface area contributed by atoms with Crippen molar-refractivity contribution in [2.24, 2.45) is 11.1 Å². The van der Waals surface area contributed by atoms with Gasteiger partial charge >= 0.3 is 0 Å². The number of hydrogen-bond acceptors (Lipinski definition) is 3. The molecule has 0 atom stereocenters. The molecule has 0 fully saturated rings. The Hall–Kier alpha value is -1.30. The van der Waals surface area contributed by atoms with Crippen LogP contribution in [0.1, 0.15) is 24.2 Å². The molecule has 5 nitrogen and oxygen atoms in total. The molecule has 4 N–H and O–H groups in total. The van der Waals surface area contributed by atoms with E-state index in [0.717, 1.165) is 0 Å². The number of hydrogen-bond donors (Lipinski definition) is 3. The van der Waals surface area contributed by atoms with Crippen LogP contribution in [-0.2, 0) is 4.79 Å². The lowest BCUT2D eigenvalue weighted by atomic mass is 9.92. The summed E-state index contributed by atoms with van der Waals surface area (Å²) in [4.78, 5) is 23.6. The van der Waals surface area contributed by atoms with E-state index in [1.165, 1.54) is 13.1 Å². The van der Waals surface area contributed by atoms with Crippen molar-refractivity contribution >= 4 is 41.5 Å². The Morgan fingerprint density at radius 3 is 2.45 bits per heavy atom. The number of nitrogens with two attached hydrogens (primary N) is 1. The predicted octanol–water partition coefficient (Wildman–Crippen LogP) is 2.04. The quantitative estimate of drug-likeness (QED) is 0.794. The molecule has 112 valence electrons. The van der Waals surface area contributed by atoms with Gasteiger partial charge in [-0.2, -0.15) is 0 Å². The molecule has 0 radical (unpaired) electrons. The number of carbonyl (C=O) groups is 2. The van der Waals surface area contributed by atoms with Crippen LogP contribution in [0.4, 0.5) is 5.69 Å². The molecule has 0 saturated heterocycles. The molecule has 0 aliphatic rings. The monoisotopic (exact) mass is 319 g/mol. The second kappa shape index (κ2) is 7.47. The van der Waals surface area contributed by atoms with Gasteiger partial charge < -0.3 is 16.4 Å². The Morgan fingerprint density at radius 2 is 1.95 bits per heavy atom. The van der Waals surface area contributed by atoms with Crippen LogP contribution in [0, 0.1) is 5.41 Å². The van der Waals surface area contributed by atoms with E-state index in [1.54, 1.807) is 26.0 Å². The summed E-state index contributed by atoms with van der Waals surface area (Å²) in [5.74, 6) is -0.514. The van der Waals surface area contributed by atoms with E-state index in [1.807, 2.05) is 0 Å². The Labute approximate surface area is 129 Å². The van der Waals surface area contributed by atoms with Crippen LogP contribution in [0.5, 0.6) is 0 Å². The third kappa shape index (κ3) is 4.37. The highest BCUT2D eigenvalue weighted by molar-refractivity contribution is 6.34. The highest BCUT2D eigenvalue weighted by Crippen LogP contribution is 2.22. The Bertz CT molecular complexity index is 504. The molecule has 1 rings (SSSR count). The Balaban J connectivity index is 0.00000361. The normalized spacial score (nSPS) is 10.4. The van der Waals surface area contributed by atoms with Gasteiger partial charge in [-0.3, -0.25) is 9.59 Å². The van der Waals surface area contributed by atoms with Gasteiger partial charge in [-0.25, -0.2) is 0 Å². The van der Waals surface area contributed by atoms with Crippen molar-refractivity contribution in [3.63, 3.8) is 0 Å². The molecule has 1 aromatic rings. The fourth-order valence-electron chi connectivity index (χ4n) is 1.30. The molecule has 1 aromatic carbocycles. The molecule has 0 saturated carbocycles. The van der Waals surface area contributed by atoms with Crippen LogP contribution in [0.3, 0.4) is 0 Å². The van der Waals surface area contributed by atoms with Crippen molar-refractivity contribution in [1.82, 2.24) is 5.32 Å². The molecule has 0 aromatic heterocycles. The second-order valence-corrected chi connectivity index (χ2v) is 5.22. The highest BCUT2D eigenvalue weighted by Gasteiger charge is 2.26. The zero-order valence-corrected chi connectivity index (χ0v) is 13.2. The Kier molecular flexibility index (Phi) is 6.99. The van der Waals surface area contributed by atoms with Gasteiger partial charge in [0, 0.05) is 19.3 Å². The van der Waals surface area contributed by atoms with Gasteiger partial charge in [-0.1, -0.05) is 11.6 Å². The number of carbonyl (C=O) groups excluding carboxylic acids is 2. The molecule has 0 aliphatic carbocycles. The van der Waals surface area contributed by atoms with Gasteiger partial charge in [0.1, 0.15) is 0 Å². The SMILES string of the molecule is CNC(=O)c1cc(NC(=O)C(C)(C)CN)ccc1Cl.Cl. The molecular formula is C13H19Cl2N3O2. The van der Waals surface area contributed by atoms with Gasteiger partial charge in [-0.15, -0.1) is 12.4 Å². The molecule has 0 unspecified atom stereocenters. The third-order valence-electron chi connectivity index (χ3n) is 2.82. The van der Waals surface area contributed by atoms with Crippen LogP contribution in [0.2, 0.25) is 5.02 Å². The van der Waals surface area contributed by atoms with E-state index in [0.29, 0.717) is 16.3 Å². The lowest BCUT2D eigenvalue weighted by molar-refractivity contribution is -0.123. The van der Waals surface area contributed by atoms with Crippen LogP contribution >= 0.6 is 24.0 Å². The minimum absolute atomic E-state index is 0. The number of benzene rings is 1. The molecule has 0 spiro atoms. The topological polar surface area (TPSA) is 84.2 Å². The summed E-state index contributed by atoms with van der Waals surface area (Å²) >= 11 is 5.93. The smallest absolute Gasteiger partial charge is 0.252 e. The lowest BCUT2D eigenvalue weighted by Gasteiger charge is -2.21. The van der Waals surface area contributed by atoms with Crippen molar-refractivity contribution in [2.45, 2.75) is 13.8 Å². The van der Waals surface area contributed by atoms with Gasteiger partial charge in [0.05, 0.1) is 16.0 Å². The molecule has 7 heteroatoms. The first-order chi connectivity index (χ1) is 8.81. The third-order valence-corrected chi connectivity index (χ3v) is 3.15. The lowest BCUT2D eigenvalue weighted by Crippen LogP contribution is -2.37. The summed E-state index contributed by atoms with van der Waals surface area (Å²) < 4.78 is 0. The van der Waals surface area contributed by atoms with Gasteiger partial charge in [0.2, 0.25) is 5.91 Å². The number of amides is 2. The fourth-order valence-corrected chi connectivity index (χ4v) is 1.51. The van der Waals surface area contributed by atoms with E-state index in [-0.39, 0.29) is 30.8 Å². The fraction of sp³-hybridized carbons (Fsp3) is 0.385. The van der Waals surface area contributed by atoms with Gasteiger partial charge in [0.15, 0.2) is 0 Å². The van der Waals surface area contributed by atoms with E-state index in [2.05, 4.69) is 10.6 Å². The molecule has 2 amide bonds. The largest absolute Gasteiger partial charge is 0.355 e. The minimum atomic E-state index is -0.674. The Morgan fingerprint density at radius 1 is 1.35 bits per heavy atom. The maximum atomic E-state index is 12.0. The van der Waals surface area contributed by atoms with Crippen LogP contribution < -0.4 is 16.4 Å². The second-order valence-electron chi connectivity index (χ2n) is 4.82. The number of nitrogens with one attached hydrogen (secondary N) is 2. The number of rotatable bonds is 4. The van der Waals surface area contributed by atoms with Gasteiger partial charge in [-0.05, 0) is 32.0 Å². The first-order valence-electron chi connectivity index (χ1n) is 5.85. The van der Waals surface area contributed by atoms with Crippen LogP contribution in [-0.4, -0.2) is 25.4 Å². The average molecular weight is 320 g/mol. The summed E-state index contributed by atoms with van der Waals surface area (Å²) in [6, 6.07) is 4.74.